The Balaban J connectivity index is 1.58. The summed E-state index contributed by atoms with van der Waals surface area (Å²) in [5.74, 6) is 1.81. The number of hydrogen-bond donors (Lipinski definition) is 1. The number of carbonyl (C=O) groups excluding carboxylic acids is 1. The van der Waals surface area contributed by atoms with Crippen LogP contribution in [0.3, 0.4) is 0 Å². The van der Waals surface area contributed by atoms with E-state index < -0.39 is 0 Å². The van der Waals surface area contributed by atoms with Gasteiger partial charge in [-0.1, -0.05) is 19.0 Å². The Labute approximate surface area is 141 Å². The van der Waals surface area contributed by atoms with E-state index in [-0.39, 0.29) is 17.9 Å². The van der Waals surface area contributed by atoms with Gasteiger partial charge in [0.25, 0.3) is 5.91 Å². The zero-order valence-corrected chi connectivity index (χ0v) is 14.4. The number of piperidine rings is 1. The van der Waals surface area contributed by atoms with Gasteiger partial charge in [-0.05, 0) is 31.4 Å². The predicted octanol–water partition coefficient (Wildman–Crippen LogP) is 2.49. The highest BCUT2D eigenvalue weighted by Gasteiger charge is 2.25. The van der Waals surface area contributed by atoms with Gasteiger partial charge in [-0.2, -0.15) is 4.98 Å². The van der Waals surface area contributed by atoms with Crippen LogP contribution >= 0.6 is 0 Å². The fourth-order valence-electron chi connectivity index (χ4n) is 3.13. The van der Waals surface area contributed by atoms with Crippen molar-refractivity contribution >= 4 is 5.91 Å². The number of hydrogen-bond acceptors (Lipinski definition) is 6. The van der Waals surface area contributed by atoms with E-state index in [1.165, 1.54) is 0 Å². The number of carbonyl (C=O) groups is 1. The standard InChI is InChI=1S/C17H24N4O3/c1-11(2)14-6-8-23-16(14)17(22)19-13-5-4-7-21(9-13)10-15-18-12(3)24-20-15/h6,8,11,13H,4-5,7,9-10H2,1-3H3,(H,19,22). The lowest BCUT2D eigenvalue weighted by atomic mass is 10.0. The first-order chi connectivity index (χ1) is 11.5. The number of furan rings is 1. The number of nitrogens with zero attached hydrogens (tertiary/aromatic N) is 3. The van der Waals surface area contributed by atoms with Gasteiger partial charge in [-0.25, -0.2) is 0 Å². The summed E-state index contributed by atoms with van der Waals surface area (Å²) < 4.78 is 10.4. The van der Waals surface area contributed by atoms with Crippen LogP contribution in [0, 0.1) is 6.92 Å². The van der Waals surface area contributed by atoms with Gasteiger partial charge in [0.1, 0.15) is 0 Å². The minimum atomic E-state index is -0.133. The molecule has 1 aliphatic rings. The molecule has 1 N–H and O–H groups in total. The molecule has 0 bridgehead atoms. The Bertz CT molecular complexity index is 692. The fourth-order valence-corrected chi connectivity index (χ4v) is 3.13. The van der Waals surface area contributed by atoms with Gasteiger partial charge in [0.15, 0.2) is 11.6 Å². The van der Waals surface area contributed by atoms with E-state index in [9.17, 15) is 4.79 Å². The molecule has 3 heterocycles. The SMILES string of the molecule is Cc1nc(CN2CCCC(NC(=O)c3occc3C(C)C)C2)no1. The van der Waals surface area contributed by atoms with Crippen molar-refractivity contribution in [2.45, 2.75) is 52.1 Å². The van der Waals surface area contributed by atoms with E-state index in [0.717, 1.165) is 31.5 Å². The molecule has 1 fully saturated rings. The summed E-state index contributed by atoms with van der Waals surface area (Å²) in [5, 5.41) is 7.04. The Morgan fingerprint density at radius 1 is 1.50 bits per heavy atom. The summed E-state index contributed by atoms with van der Waals surface area (Å²) in [7, 11) is 0. The van der Waals surface area contributed by atoms with Gasteiger partial charge >= 0.3 is 0 Å². The average Bonchev–Trinajstić information content (AvgIpc) is 3.16. The smallest absolute Gasteiger partial charge is 0.287 e. The molecule has 2 aromatic heterocycles. The minimum Gasteiger partial charge on any atom is -0.459 e. The molecule has 0 spiro atoms. The van der Waals surface area contributed by atoms with Crippen molar-refractivity contribution in [2.75, 3.05) is 13.1 Å². The molecule has 0 saturated carbocycles. The Morgan fingerprint density at radius 3 is 3.04 bits per heavy atom. The summed E-state index contributed by atoms with van der Waals surface area (Å²) in [6.45, 7) is 8.27. The third kappa shape index (κ3) is 3.84. The molecule has 0 aliphatic carbocycles. The Kier molecular flexibility index (Phi) is 4.99. The van der Waals surface area contributed by atoms with Gasteiger partial charge < -0.3 is 14.3 Å². The molecular weight excluding hydrogens is 308 g/mol. The number of likely N-dealkylation sites (tertiary alicyclic amines) is 1. The van der Waals surface area contributed by atoms with Crippen molar-refractivity contribution in [1.29, 1.82) is 0 Å². The van der Waals surface area contributed by atoms with E-state index in [4.69, 9.17) is 8.94 Å². The second-order valence-corrected chi connectivity index (χ2v) is 6.64. The largest absolute Gasteiger partial charge is 0.459 e. The number of aryl methyl sites for hydroxylation is 1. The van der Waals surface area contributed by atoms with E-state index in [1.807, 2.05) is 6.07 Å². The third-order valence-electron chi connectivity index (χ3n) is 4.30. The maximum atomic E-state index is 12.5. The van der Waals surface area contributed by atoms with E-state index in [2.05, 4.69) is 34.2 Å². The minimum absolute atomic E-state index is 0.101. The van der Waals surface area contributed by atoms with Crippen molar-refractivity contribution < 1.29 is 13.7 Å². The fraction of sp³-hybridized carbons (Fsp3) is 0.588. The van der Waals surface area contributed by atoms with Crippen molar-refractivity contribution in [1.82, 2.24) is 20.4 Å². The van der Waals surface area contributed by atoms with E-state index in [0.29, 0.717) is 24.0 Å². The normalized spacial score (nSPS) is 18.9. The molecule has 7 heteroatoms. The van der Waals surface area contributed by atoms with Gasteiger partial charge in [0.2, 0.25) is 5.89 Å². The van der Waals surface area contributed by atoms with Crippen LogP contribution in [0.15, 0.2) is 21.3 Å². The van der Waals surface area contributed by atoms with Crippen LogP contribution in [0.5, 0.6) is 0 Å². The van der Waals surface area contributed by atoms with Gasteiger partial charge in [-0.3, -0.25) is 9.69 Å². The van der Waals surface area contributed by atoms with Crippen molar-refractivity contribution in [3.05, 3.63) is 35.4 Å². The molecule has 130 valence electrons. The van der Waals surface area contributed by atoms with Crippen molar-refractivity contribution in [3.8, 4) is 0 Å². The molecule has 7 nitrogen and oxygen atoms in total. The highest BCUT2D eigenvalue weighted by Crippen LogP contribution is 2.21. The number of nitrogens with one attached hydrogen (secondary N) is 1. The first-order valence-corrected chi connectivity index (χ1v) is 8.42. The first-order valence-electron chi connectivity index (χ1n) is 8.42. The monoisotopic (exact) mass is 332 g/mol. The van der Waals surface area contributed by atoms with E-state index in [1.54, 1.807) is 13.2 Å². The first kappa shape index (κ1) is 16.7. The molecular formula is C17H24N4O3. The number of aromatic nitrogens is 2. The van der Waals surface area contributed by atoms with Gasteiger partial charge in [0.05, 0.1) is 12.8 Å². The van der Waals surface area contributed by atoms with Crippen LogP contribution in [-0.2, 0) is 6.54 Å². The second kappa shape index (κ2) is 7.17. The molecule has 1 unspecified atom stereocenters. The van der Waals surface area contributed by atoms with Crippen LogP contribution < -0.4 is 5.32 Å². The molecule has 3 rings (SSSR count). The summed E-state index contributed by atoms with van der Waals surface area (Å²) in [5.41, 5.74) is 0.947. The molecule has 0 radical (unpaired) electrons. The Morgan fingerprint density at radius 2 is 2.33 bits per heavy atom. The topological polar surface area (TPSA) is 84.4 Å². The lowest BCUT2D eigenvalue weighted by Gasteiger charge is -2.32. The molecule has 1 saturated heterocycles. The molecule has 1 amide bonds. The lowest BCUT2D eigenvalue weighted by molar-refractivity contribution is 0.0869. The maximum Gasteiger partial charge on any atom is 0.287 e. The highest BCUT2D eigenvalue weighted by molar-refractivity contribution is 5.93. The Hall–Kier alpha value is -2.15. The van der Waals surface area contributed by atoms with Gasteiger partial charge in [-0.15, -0.1) is 0 Å². The second-order valence-electron chi connectivity index (χ2n) is 6.64. The number of amides is 1. The quantitative estimate of drug-likeness (QED) is 0.905. The maximum absolute atomic E-state index is 12.5. The summed E-state index contributed by atoms with van der Waals surface area (Å²) >= 11 is 0. The summed E-state index contributed by atoms with van der Waals surface area (Å²) in [6, 6.07) is 1.97. The van der Waals surface area contributed by atoms with Crippen LogP contribution in [0.2, 0.25) is 0 Å². The molecule has 1 atom stereocenters. The summed E-state index contributed by atoms with van der Waals surface area (Å²) in [6.07, 6.45) is 3.57. The lowest BCUT2D eigenvalue weighted by Crippen LogP contribution is -2.47. The molecule has 1 aliphatic heterocycles. The van der Waals surface area contributed by atoms with Crippen LogP contribution in [-0.4, -0.2) is 40.1 Å². The van der Waals surface area contributed by atoms with Crippen LogP contribution in [0.1, 0.15) is 60.4 Å². The summed E-state index contributed by atoms with van der Waals surface area (Å²) in [4.78, 5) is 19.0. The molecule has 0 aromatic carbocycles. The predicted molar refractivity (Wildman–Crippen MR) is 87.6 cm³/mol. The molecule has 2 aromatic rings. The third-order valence-corrected chi connectivity index (χ3v) is 4.30. The molecule has 24 heavy (non-hydrogen) atoms. The van der Waals surface area contributed by atoms with Crippen molar-refractivity contribution in [3.63, 3.8) is 0 Å². The van der Waals surface area contributed by atoms with E-state index >= 15 is 0 Å². The zero-order chi connectivity index (χ0) is 17.1. The van der Waals surface area contributed by atoms with Crippen LogP contribution in [0.25, 0.3) is 0 Å². The number of rotatable bonds is 5. The average molecular weight is 332 g/mol. The van der Waals surface area contributed by atoms with Crippen LogP contribution in [0.4, 0.5) is 0 Å². The zero-order valence-electron chi connectivity index (χ0n) is 14.4. The van der Waals surface area contributed by atoms with Crippen molar-refractivity contribution in [2.24, 2.45) is 0 Å². The highest BCUT2D eigenvalue weighted by atomic mass is 16.5. The van der Waals surface area contributed by atoms with Gasteiger partial charge in [0, 0.05) is 25.1 Å².